The summed E-state index contributed by atoms with van der Waals surface area (Å²) in [5.41, 5.74) is 6.44. The molecule has 0 aromatic heterocycles. The van der Waals surface area contributed by atoms with Crippen molar-refractivity contribution in [3.8, 4) is 0 Å². The fourth-order valence-corrected chi connectivity index (χ4v) is 4.36. The van der Waals surface area contributed by atoms with Gasteiger partial charge in [-0.1, -0.05) is 12.1 Å². The van der Waals surface area contributed by atoms with E-state index in [-0.39, 0.29) is 29.3 Å². The molecule has 2 heterocycles. The third kappa shape index (κ3) is 4.13. The monoisotopic (exact) mass is 386 g/mol. The summed E-state index contributed by atoms with van der Waals surface area (Å²) in [5, 5.41) is 0. The third-order valence-corrected chi connectivity index (χ3v) is 5.76. The second-order valence-electron chi connectivity index (χ2n) is 6.30. The van der Waals surface area contributed by atoms with Crippen molar-refractivity contribution in [2.24, 2.45) is 10.1 Å². The number of sulfonamides is 1. The number of nitrogens with two attached hydrogens (primary N) is 1. The largest absolute Gasteiger partial charge is 0.358 e. The molecule has 1 aromatic rings. The van der Waals surface area contributed by atoms with Gasteiger partial charge >= 0.3 is 0 Å². The van der Waals surface area contributed by atoms with Gasteiger partial charge in [0.25, 0.3) is 10.0 Å². The summed E-state index contributed by atoms with van der Waals surface area (Å²) in [5.74, 6) is 0.555. The maximum Gasteiger partial charge on any atom is 0.285 e. The minimum atomic E-state index is -3.60. The molecule has 1 saturated heterocycles. The molecule has 0 unspecified atom stereocenters. The summed E-state index contributed by atoms with van der Waals surface area (Å²) < 4.78 is 28.0. The summed E-state index contributed by atoms with van der Waals surface area (Å²) in [6, 6.07) is 6.89. The van der Waals surface area contributed by atoms with E-state index in [0.29, 0.717) is 37.3 Å². The van der Waals surface area contributed by atoms with Crippen molar-refractivity contribution in [1.82, 2.24) is 9.80 Å². The van der Waals surface area contributed by atoms with Crippen molar-refractivity contribution in [2.75, 3.05) is 26.7 Å². The van der Waals surface area contributed by atoms with Crippen LogP contribution in [0.15, 0.2) is 33.6 Å². The van der Waals surface area contributed by atoms with Gasteiger partial charge in [-0.25, -0.2) is 0 Å². The topological polar surface area (TPSA) is 96.1 Å². The van der Waals surface area contributed by atoms with Gasteiger partial charge in [0.2, 0.25) is 5.91 Å². The van der Waals surface area contributed by atoms with Crippen LogP contribution in [0.1, 0.15) is 24.8 Å². The molecule has 1 aromatic carbocycles. The van der Waals surface area contributed by atoms with Gasteiger partial charge in [-0.3, -0.25) is 4.79 Å². The highest BCUT2D eigenvalue weighted by atomic mass is 35.5. The first-order chi connectivity index (χ1) is 11.4. The number of amides is 1. The Kier molecular flexibility index (Phi) is 6.08. The van der Waals surface area contributed by atoms with Crippen LogP contribution in [0.2, 0.25) is 0 Å². The van der Waals surface area contributed by atoms with Crippen LogP contribution in [0.25, 0.3) is 0 Å². The van der Waals surface area contributed by atoms with E-state index >= 15 is 0 Å². The normalized spacial score (nSPS) is 20.6. The number of benzene rings is 1. The van der Waals surface area contributed by atoms with Crippen molar-refractivity contribution < 1.29 is 13.2 Å². The minimum Gasteiger partial charge on any atom is -0.358 e. The SMILES string of the molecule is CN(CCCC(=O)N1CC[C@@H](N)C1)C1=NS(=O)(=O)c2ccccc21.Cl. The molecule has 138 valence electrons. The van der Waals surface area contributed by atoms with Crippen LogP contribution in [0.5, 0.6) is 0 Å². The van der Waals surface area contributed by atoms with E-state index in [9.17, 15) is 13.2 Å². The molecule has 9 heteroatoms. The molecule has 0 saturated carbocycles. The van der Waals surface area contributed by atoms with Crippen LogP contribution in [0.4, 0.5) is 0 Å². The summed E-state index contributed by atoms with van der Waals surface area (Å²) in [6.07, 6.45) is 1.93. The lowest BCUT2D eigenvalue weighted by atomic mass is 10.2. The first-order valence-electron chi connectivity index (χ1n) is 8.07. The number of fused-ring (bicyclic) bond motifs is 1. The second-order valence-corrected chi connectivity index (χ2v) is 7.87. The molecule has 3 rings (SSSR count). The lowest BCUT2D eigenvalue weighted by Gasteiger charge is -2.20. The Morgan fingerprint density at radius 3 is 2.80 bits per heavy atom. The standard InChI is InChI=1S/C16H22N4O3S.ClH/c1-19(9-4-7-15(21)20-10-8-12(17)11-20)16-13-5-2-3-6-14(13)24(22,23)18-16;/h2-3,5-6,12H,4,7-11,17H2,1H3;1H/t12-;/m1./s1. The average molecular weight is 387 g/mol. The number of carbonyl (C=O) groups is 1. The Morgan fingerprint density at radius 2 is 2.12 bits per heavy atom. The lowest BCUT2D eigenvalue weighted by Crippen LogP contribution is -2.33. The third-order valence-electron chi connectivity index (χ3n) is 4.44. The number of hydrogen-bond acceptors (Lipinski definition) is 5. The molecular weight excluding hydrogens is 364 g/mol. The van der Waals surface area contributed by atoms with Gasteiger partial charge in [-0.15, -0.1) is 16.8 Å². The second kappa shape index (κ2) is 7.72. The highest BCUT2D eigenvalue weighted by Crippen LogP contribution is 2.27. The highest BCUT2D eigenvalue weighted by Gasteiger charge is 2.30. The van der Waals surface area contributed by atoms with Crippen LogP contribution >= 0.6 is 12.4 Å². The zero-order valence-electron chi connectivity index (χ0n) is 14.1. The molecule has 0 radical (unpaired) electrons. The van der Waals surface area contributed by atoms with Gasteiger partial charge < -0.3 is 15.5 Å². The minimum absolute atomic E-state index is 0. The zero-order valence-corrected chi connectivity index (χ0v) is 15.7. The molecule has 1 amide bonds. The van der Waals surface area contributed by atoms with Crippen LogP contribution in [-0.4, -0.2) is 62.7 Å². The Labute approximate surface area is 154 Å². The molecular formula is C16H23ClN4O3S. The fourth-order valence-electron chi connectivity index (χ4n) is 3.11. The van der Waals surface area contributed by atoms with E-state index in [1.165, 1.54) is 0 Å². The van der Waals surface area contributed by atoms with Crippen LogP contribution in [-0.2, 0) is 14.8 Å². The van der Waals surface area contributed by atoms with Gasteiger partial charge in [0.05, 0.1) is 0 Å². The maximum atomic E-state index is 12.1. The molecule has 7 nitrogen and oxygen atoms in total. The van der Waals surface area contributed by atoms with E-state index in [1.54, 1.807) is 41.1 Å². The summed E-state index contributed by atoms with van der Waals surface area (Å²) >= 11 is 0. The number of hydrogen-bond donors (Lipinski definition) is 1. The van der Waals surface area contributed by atoms with Gasteiger partial charge in [-0.2, -0.15) is 8.42 Å². The fraction of sp³-hybridized carbons (Fsp3) is 0.500. The van der Waals surface area contributed by atoms with Crippen molar-refractivity contribution in [3.63, 3.8) is 0 Å². The summed E-state index contributed by atoms with van der Waals surface area (Å²) in [7, 11) is -1.80. The predicted octanol–water partition coefficient (Wildman–Crippen LogP) is 0.829. The van der Waals surface area contributed by atoms with E-state index in [0.717, 1.165) is 13.0 Å². The maximum absolute atomic E-state index is 12.1. The van der Waals surface area contributed by atoms with Crippen molar-refractivity contribution in [2.45, 2.75) is 30.2 Å². The molecule has 1 fully saturated rings. The van der Waals surface area contributed by atoms with Crippen molar-refractivity contribution in [3.05, 3.63) is 29.8 Å². The Balaban J connectivity index is 0.00000225. The van der Waals surface area contributed by atoms with Crippen LogP contribution in [0.3, 0.4) is 0 Å². The number of carbonyl (C=O) groups excluding carboxylic acids is 1. The number of rotatable bonds is 4. The van der Waals surface area contributed by atoms with Crippen LogP contribution < -0.4 is 5.73 Å². The number of halogens is 1. The summed E-state index contributed by atoms with van der Waals surface area (Å²) in [6.45, 7) is 1.93. The van der Waals surface area contributed by atoms with Gasteiger partial charge in [0.1, 0.15) is 10.7 Å². The van der Waals surface area contributed by atoms with E-state index in [4.69, 9.17) is 5.73 Å². The van der Waals surface area contributed by atoms with E-state index in [1.807, 2.05) is 0 Å². The van der Waals surface area contributed by atoms with E-state index in [2.05, 4.69) is 4.40 Å². The van der Waals surface area contributed by atoms with Gasteiger partial charge in [-0.05, 0) is 25.0 Å². The predicted molar refractivity (Wildman–Crippen MR) is 98.4 cm³/mol. The Morgan fingerprint density at radius 1 is 1.40 bits per heavy atom. The first kappa shape index (κ1) is 19.7. The number of amidine groups is 1. The summed E-state index contributed by atoms with van der Waals surface area (Å²) in [4.78, 5) is 16.0. The zero-order chi connectivity index (χ0) is 17.3. The van der Waals surface area contributed by atoms with E-state index < -0.39 is 10.0 Å². The molecule has 0 aliphatic carbocycles. The molecule has 0 spiro atoms. The number of nitrogens with zero attached hydrogens (tertiary/aromatic N) is 3. The molecule has 0 bridgehead atoms. The molecule has 2 N–H and O–H groups in total. The molecule has 2 aliphatic heterocycles. The lowest BCUT2D eigenvalue weighted by molar-refractivity contribution is -0.130. The molecule has 25 heavy (non-hydrogen) atoms. The van der Waals surface area contributed by atoms with Crippen molar-refractivity contribution in [1.29, 1.82) is 0 Å². The smallest absolute Gasteiger partial charge is 0.285 e. The number of likely N-dealkylation sites (tertiary alicyclic amines) is 1. The highest BCUT2D eigenvalue weighted by molar-refractivity contribution is 7.90. The molecule has 1 atom stereocenters. The average Bonchev–Trinajstić information content (AvgIpc) is 3.09. The van der Waals surface area contributed by atoms with Crippen molar-refractivity contribution >= 4 is 34.2 Å². The Bertz CT molecular complexity index is 781. The molecule has 2 aliphatic rings. The van der Waals surface area contributed by atoms with Crippen LogP contribution in [0, 0.1) is 0 Å². The van der Waals surface area contributed by atoms with Gasteiger partial charge in [0.15, 0.2) is 0 Å². The Hall–Kier alpha value is -1.64. The van der Waals surface area contributed by atoms with Gasteiger partial charge in [0, 0.05) is 44.7 Å². The quantitative estimate of drug-likeness (QED) is 0.826. The first-order valence-corrected chi connectivity index (χ1v) is 9.51.